The SMILES string of the molecule is CC(C)CC(NC(=O)C(Cc1cnc[nH]1)NC(=O)C(CC(N)=O)NC(=O)C(N)CCC(N)=O)C(=O)O. The van der Waals surface area contributed by atoms with E-state index in [-0.39, 0.29) is 31.6 Å². The number of imidazole rings is 1. The number of primary amides is 2. The molecule has 36 heavy (non-hydrogen) atoms. The van der Waals surface area contributed by atoms with Gasteiger partial charge in [-0.25, -0.2) is 9.78 Å². The molecule has 5 amide bonds. The maximum Gasteiger partial charge on any atom is 0.326 e. The number of carboxylic acids is 1. The van der Waals surface area contributed by atoms with Crippen molar-refractivity contribution in [1.29, 1.82) is 0 Å². The zero-order valence-corrected chi connectivity index (χ0v) is 20.2. The predicted molar refractivity (Wildman–Crippen MR) is 125 cm³/mol. The third-order valence-corrected chi connectivity index (χ3v) is 5.01. The Kier molecular flexibility index (Phi) is 12.0. The van der Waals surface area contributed by atoms with E-state index in [9.17, 15) is 33.9 Å². The number of hydrogen-bond acceptors (Lipinski definition) is 8. The summed E-state index contributed by atoms with van der Waals surface area (Å²) < 4.78 is 0. The molecule has 0 aliphatic rings. The molecule has 4 atom stereocenters. The van der Waals surface area contributed by atoms with E-state index in [4.69, 9.17) is 17.2 Å². The lowest BCUT2D eigenvalue weighted by Crippen LogP contribution is -2.58. The Hall–Kier alpha value is -4.01. The van der Waals surface area contributed by atoms with E-state index in [1.807, 2.05) is 0 Å². The van der Waals surface area contributed by atoms with Crippen LogP contribution in [0.25, 0.3) is 0 Å². The van der Waals surface area contributed by atoms with Gasteiger partial charge in [0.2, 0.25) is 29.5 Å². The van der Waals surface area contributed by atoms with Gasteiger partial charge in [-0.05, 0) is 18.8 Å². The molecule has 1 aromatic rings. The zero-order chi connectivity index (χ0) is 27.4. The van der Waals surface area contributed by atoms with Crippen molar-refractivity contribution in [2.45, 2.75) is 70.1 Å². The van der Waals surface area contributed by atoms with Crippen molar-refractivity contribution >= 4 is 35.5 Å². The first-order valence-electron chi connectivity index (χ1n) is 11.2. The summed E-state index contributed by atoms with van der Waals surface area (Å²) >= 11 is 0. The minimum atomic E-state index is -1.49. The van der Waals surface area contributed by atoms with E-state index in [1.54, 1.807) is 13.8 Å². The lowest BCUT2D eigenvalue weighted by Gasteiger charge is -2.25. The Balaban J connectivity index is 3.05. The fourth-order valence-electron chi connectivity index (χ4n) is 3.18. The molecule has 0 fully saturated rings. The van der Waals surface area contributed by atoms with Crippen LogP contribution in [-0.4, -0.2) is 74.7 Å². The number of amides is 5. The molecule has 0 spiro atoms. The lowest BCUT2D eigenvalue weighted by atomic mass is 10.0. The number of hydrogen-bond donors (Lipinski definition) is 8. The summed E-state index contributed by atoms with van der Waals surface area (Å²) in [7, 11) is 0. The number of carboxylic acid groups (broad SMARTS) is 1. The van der Waals surface area contributed by atoms with E-state index in [2.05, 4.69) is 25.9 Å². The number of aromatic amines is 1. The van der Waals surface area contributed by atoms with Gasteiger partial charge in [0.1, 0.15) is 18.1 Å². The minimum absolute atomic E-state index is 0.0408. The molecule has 0 aliphatic heterocycles. The van der Waals surface area contributed by atoms with Crippen molar-refractivity contribution in [2.24, 2.45) is 23.1 Å². The highest BCUT2D eigenvalue weighted by atomic mass is 16.4. The van der Waals surface area contributed by atoms with Crippen LogP contribution < -0.4 is 33.2 Å². The van der Waals surface area contributed by atoms with Gasteiger partial charge in [-0.3, -0.25) is 24.0 Å². The molecule has 1 heterocycles. The lowest BCUT2D eigenvalue weighted by molar-refractivity contribution is -0.143. The highest BCUT2D eigenvalue weighted by molar-refractivity contribution is 5.96. The summed E-state index contributed by atoms with van der Waals surface area (Å²) in [5.74, 6) is -5.44. The van der Waals surface area contributed by atoms with Gasteiger partial charge < -0.3 is 43.2 Å². The first-order chi connectivity index (χ1) is 16.8. The second-order valence-corrected chi connectivity index (χ2v) is 8.71. The fraction of sp³-hybridized carbons (Fsp3) is 0.571. The first kappa shape index (κ1) is 30.0. The van der Waals surface area contributed by atoms with E-state index in [0.717, 1.165) is 0 Å². The minimum Gasteiger partial charge on any atom is -0.480 e. The number of nitrogens with zero attached hydrogens (tertiary/aromatic N) is 1. The van der Waals surface area contributed by atoms with Gasteiger partial charge in [0.05, 0.1) is 18.8 Å². The Morgan fingerprint density at radius 3 is 2.03 bits per heavy atom. The van der Waals surface area contributed by atoms with Crippen molar-refractivity contribution in [3.8, 4) is 0 Å². The molecule has 0 radical (unpaired) electrons. The number of carbonyl (C=O) groups excluding carboxylic acids is 5. The van der Waals surface area contributed by atoms with Gasteiger partial charge in [0.15, 0.2) is 0 Å². The maximum atomic E-state index is 13.0. The quantitative estimate of drug-likeness (QED) is 0.112. The summed E-state index contributed by atoms with van der Waals surface area (Å²) in [5, 5.41) is 16.6. The largest absolute Gasteiger partial charge is 0.480 e. The molecule has 15 nitrogen and oxygen atoms in total. The van der Waals surface area contributed by atoms with E-state index >= 15 is 0 Å². The monoisotopic (exact) mass is 510 g/mol. The molecule has 0 saturated carbocycles. The second kappa shape index (κ2) is 14.4. The van der Waals surface area contributed by atoms with Crippen LogP contribution in [0.2, 0.25) is 0 Å². The second-order valence-electron chi connectivity index (χ2n) is 8.71. The van der Waals surface area contributed by atoms with E-state index in [0.29, 0.717) is 5.69 Å². The molecule has 0 saturated heterocycles. The molecule has 1 aromatic heterocycles. The number of aliphatic carboxylic acids is 1. The van der Waals surface area contributed by atoms with Gasteiger partial charge in [0.25, 0.3) is 0 Å². The smallest absolute Gasteiger partial charge is 0.326 e. The number of H-pyrrole nitrogens is 1. The standard InChI is InChI=1S/C21H34N8O7/c1-10(2)5-15(21(35)36)29-19(33)13(6-11-8-25-9-26-11)28-20(34)14(7-17(24)31)27-18(32)12(22)3-4-16(23)30/h8-10,12-15H,3-7,22H2,1-2H3,(H2,23,30)(H2,24,31)(H,25,26)(H,27,32)(H,28,34)(H,29,33)(H,35,36). The molecule has 0 bridgehead atoms. The van der Waals surface area contributed by atoms with Crippen molar-refractivity contribution in [2.75, 3.05) is 0 Å². The van der Waals surface area contributed by atoms with E-state index in [1.165, 1.54) is 12.5 Å². The third-order valence-electron chi connectivity index (χ3n) is 5.01. The van der Waals surface area contributed by atoms with Crippen molar-refractivity contribution in [3.05, 3.63) is 18.2 Å². The van der Waals surface area contributed by atoms with Crippen molar-refractivity contribution in [1.82, 2.24) is 25.9 Å². The molecule has 15 heteroatoms. The van der Waals surface area contributed by atoms with E-state index < -0.39 is 66.1 Å². The molecule has 0 aliphatic carbocycles. The summed E-state index contributed by atoms with van der Waals surface area (Å²) in [6, 6.07) is -5.18. The molecule has 11 N–H and O–H groups in total. The zero-order valence-electron chi connectivity index (χ0n) is 20.2. The number of nitrogens with two attached hydrogens (primary N) is 3. The van der Waals surface area contributed by atoms with Crippen LogP contribution in [0.15, 0.2) is 12.5 Å². The Labute approximate surface area is 207 Å². The summed E-state index contributed by atoms with van der Waals surface area (Å²) in [6.07, 6.45) is 1.95. The predicted octanol–water partition coefficient (Wildman–Crippen LogP) is -2.99. The number of carbonyl (C=O) groups is 6. The highest BCUT2D eigenvalue weighted by Crippen LogP contribution is 2.07. The summed E-state index contributed by atoms with van der Waals surface area (Å²) in [4.78, 5) is 79.0. The van der Waals surface area contributed by atoms with Gasteiger partial charge in [-0.1, -0.05) is 13.8 Å². The Morgan fingerprint density at radius 1 is 0.944 bits per heavy atom. The topological polar surface area (TPSA) is 265 Å². The molecular weight excluding hydrogens is 476 g/mol. The molecule has 200 valence electrons. The fourth-order valence-corrected chi connectivity index (χ4v) is 3.18. The molecule has 4 unspecified atom stereocenters. The molecule has 0 aromatic carbocycles. The van der Waals surface area contributed by atoms with Gasteiger partial charge >= 0.3 is 5.97 Å². The van der Waals surface area contributed by atoms with Gasteiger partial charge in [-0.15, -0.1) is 0 Å². The normalized spacial score (nSPS) is 14.2. The summed E-state index contributed by atoms with van der Waals surface area (Å²) in [5.41, 5.74) is 16.4. The highest BCUT2D eigenvalue weighted by Gasteiger charge is 2.31. The van der Waals surface area contributed by atoms with Crippen LogP contribution in [0.1, 0.15) is 45.2 Å². The van der Waals surface area contributed by atoms with Gasteiger partial charge in [0, 0.05) is 24.7 Å². The van der Waals surface area contributed by atoms with Crippen LogP contribution in [0.5, 0.6) is 0 Å². The Bertz CT molecular complexity index is 935. The first-order valence-corrected chi connectivity index (χ1v) is 11.2. The van der Waals surface area contributed by atoms with Crippen LogP contribution >= 0.6 is 0 Å². The average Bonchev–Trinajstić information content (AvgIpc) is 3.28. The van der Waals surface area contributed by atoms with Crippen LogP contribution in [0, 0.1) is 5.92 Å². The van der Waals surface area contributed by atoms with Crippen molar-refractivity contribution < 1.29 is 33.9 Å². The third kappa shape index (κ3) is 10.9. The number of nitrogens with one attached hydrogen (secondary N) is 4. The van der Waals surface area contributed by atoms with Crippen molar-refractivity contribution in [3.63, 3.8) is 0 Å². The summed E-state index contributed by atoms with van der Waals surface area (Å²) in [6.45, 7) is 3.58. The molecule has 1 rings (SSSR count). The van der Waals surface area contributed by atoms with Gasteiger partial charge in [-0.2, -0.15) is 0 Å². The van der Waals surface area contributed by atoms with Crippen LogP contribution in [-0.2, 0) is 35.2 Å². The Morgan fingerprint density at radius 2 is 1.53 bits per heavy atom. The number of rotatable bonds is 16. The maximum absolute atomic E-state index is 13.0. The average molecular weight is 511 g/mol. The molecular formula is C21H34N8O7. The van der Waals surface area contributed by atoms with Crippen LogP contribution in [0.4, 0.5) is 0 Å². The number of aromatic nitrogens is 2. The van der Waals surface area contributed by atoms with Crippen LogP contribution in [0.3, 0.4) is 0 Å².